The molecule has 1 N–H and O–H groups in total. The van der Waals surface area contributed by atoms with Crippen LogP contribution in [0, 0.1) is 20.8 Å². The predicted octanol–water partition coefficient (Wildman–Crippen LogP) is 2.23. The highest BCUT2D eigenvalue weighted by Gasteiger charge is 2.12. The summed E-state index contributed by atoms with van der Waals surface area (Å²) in [7, 11) is 0. The quantitative estimate of drug-likeness (QED) is 0.837. The summed E-state index contributed by atoms with van der Waals surface area (Å²) in [6, 6.07) is 0. The third-order valence-electron chi connectivity index (χ3n) is 3.51. The van der Waals surface area contributed by atoms with Crippen molar-refractivity contribution in [2.24, 2.45) is 0 Å². The molecule has 0 saturated heterocycles. The van der Waals surface area contributed by atoms with Crippen LogP contribution >= 0.6 is 23.5 Å². The Morgan fingerprint density at radius 2 is 2.05 bits per heavy atom. The Hall–Kier alpha value is -1.41. The summed E-state index contributed by atoms with van der Waals surface area (Å²) in [4.78, 5) is 11.9. The summed E-state index contributed by atoms with van der Waals surface area (Å²) in [5.41, 5.74) is 5.14. The molecule has 0 aromatic carbocycles. The van der Waals surface area contributed by atoms with Crippen LogP contribution in [-0.2, 0) is 23.6 Å². The van der Waals surface area contributed by atoms with Crippen molar-refractivity contribution in [1.29, 1.82) is 0 Å². The molecule has 0 unspecified atom stereocenters. The van der Waals surface area contributed by atoms with Crippen LogP contribution in [0.15, 0.2) is 0 Å². The number of thioether (sulfide) groups is 1. The zero-order valence-electron chi connectivity index (χ0n) is 13.3. The maximum absolute atomic E-state index is 11.9. The van der Waals surface area contributed by atoms with Gasteiger partial charge in [0.1, 0.15) is 0 Å². The number of nitrogens with one attached hydrogen (secondary N) is 1. The molecule has 0 spiro atoms. The largest absolute Gasteiger partial charge is 0.351 e. The number of carbonyl (C=O) groups excluding carboxylic acids is 1. The van der Waals surface area contributed by atoms with Crippen LogP contribution in [0.25, 0.3) is 0 Å². The monoisotopic (exact) mass is 339 g/mol. The zero-order chi connectivity index (χ0) is 16.1. The van der Waals surface area contributed by atoms with Gasteiger partial charge in [0.15, 0.2) is 0 Å². The third kappa shape index (κ3) is 4.07. The van der Waals surface area contributed by atoms with Crippen LogP contribution in [0.1, 0.15) is 35.3 Å². The highest BCUT2D eigenvalue weighted by atomic mass is 32.2. The number of hydrogen-bond donors (Lipinski definition) is 1. The van der Waals surface area contributed by atoms with Gasteiger partial charge in [-0.25, -0.2) is 0 Å². The number of aromatic nitrogens is 4. The normalized spacial score (nSPS) is 10.9. The van der Waals surface area contributed by atoms with Crippen LogP contribution < -0.4 is 5.32 Å². The number of nitrogens with zero attached hydrogens (tertiary/aromatic N) is 4. The van der Waals surface area contributed by atoms with E-state index < -0.39 is 0 Å². The summed E-state index contributed by atoms with van der Waals surface area (Å²) in [5, 5.41) is 7.42. The van der Waals surface area contributed by atoms with Crippen molar-refractivity contribution in [1.82, 2.24) is 23.8 Å². The van der Waals surface area contributed by atoms with Gasteiger partial charge in [0.25, 0.3) is 0 Å². The van der Waals surface area contributed by atoms with Crippen molar-refractivity contribution in [3.63, 3.8) is 0 Å². The SMILES string of the molecule is CCn1nc(C)c(CNC(=O)CSCc2nsnc2C)c1C. The van der Waals surface area contributed by atoms with Crippen molar-refractivity contribution in [2.75, 3.05) is 5.75 Å². The molecule has 22 heavy (non-hydrogen) atoms. The van der Waals surface area contributed by atoms with Gasteiger partial charge in [0.05, 0.1) is 34.6 Å². The maximum Gasteiger partial charge on any atom is 0.230 e. The molecular formula is C14H21N5OS2. The molecular weight excluding hydrogens is 318 g/mol. The Morgan fingerprint density at radius 3 is 2.64 bits per heavy atom. The highest BCUT2D eigenvalue weighted by Crippen LogP contribution is 2.15. The van der Waals surface area contributed by atoms with E-state index >= 15 is 0 Å². The lowest BCUT2D eigenvalue weighted by Gasteiger charge is -2.06. The molecule has 0 aliphatic rings. The smallest absolute Gasteiger partial charge is 0.230 e. The molecule has 1 amide bonds. The minimum Gasteiger partial charge on any atom is -0.351 e. The zero-order valence-corrected chi connectivity index (χ0v) is 15.0. The minimum absolute atomic E-state index is 0.0360. The van der Waals surface area contributed by atoms with Crippen LogP contribution in [0.2, 0.25) is 0 Å². The Balaban J connectivity index is 1.78. The Morgan fingerprint density at radius 1 is 1.27 bits per heavy atom. The lowest BCUT2D eigenvalue weighted by molar-refractivity contribution is -0.118. The van der Waals surface area contributed by atoms with Crippen LogP contribution in [-0.4, -0.2) is 30.2 Å². The van der Waals surface area contributed by atoms with E-state index in [1.165, 1.54) is 11.7 Å². The summed E-state index contributed by atoms with van der Waals surface area (Å²) >= 11 is 2.77. The molecule has 0 aliphatic heterocycles. The highest BCUT2D eigenvalue weighted by molar-refractivity contribution is 7.99. The summed E-state index contributed by atoms with van der Waals surface area (Å²) in [6.07, 6.45) is 0. The van der Waals surface area contributed by atoms with E-state index in [1.54, 1.807) is 11.8 Å². The lowest BCUT2D eigenvalue weighted by atomic mass is 10.2. The number of rotatable bonds is 7. The molecule has 0 atom stereocenters. The van der Waals surface area contributed by atoms with Gasteiger partial charge in [-0.2, -0.15) is 13.8 Å². The van der Waals surface area contributed by atoms with Gasteiger partial charge in [-0.3, -0.25) is 9.48 Å². The van der Waals surface area contributed by atoms with Crippen molar-refractivity contribution >= 4 is 29.4 Å². The van der Waals surface area contributed by atoms with Gasteiger partial charge in [-0.05, 0) is 27.7 Å². The molecule has 8 heteroatoms. The van der Waals surface area contributed by atoms with Crippen LogP contribution in [0.4, 0.5) is 0 Å². The first kappa shape index (κ1) is 17.0. The van der Waals surface area contributed by atoms with E-state index in [4.69, 9.17) is 0 Å². The van der Waals surface area contributed by atoms with Gasteiger partial charge in [0, 0.05) is 30.1 Å². The summed E-state index contributed by atoms with van der Waals surface area (Å²) < 4.78 is 10.3. The Labute approximate surface area is 139 Å². The second-order valence-corrected chi connectivity index (χ2v) is 6.55. The predicted molar refractivity (Wildman–Crippen MR) is 90.0 cm³/mol. The third-order valence-corrected chi connectivity index (χ3v) is 5.11. The molecule has 0 radical (unpaired) electrons. The van der Waals surface area contributed by atoms with Gasteiger partial charge < -0.3 is 5.32 Å². The molecule has 0 bridgehead atoms. The summed E-state index contributed by atoms with van der Waals surface area (Å²) in [5.74, 6) is 1.19. The molecule has 2 heterocycles. The molecule has 0 aliphatic carbocycles. The maximum atomic E-state index is 11.9. The van der Waals surface area contributed by atoms with E-state index in [-0.39, 0.29) is 5.91 Å². The second kappa shape index (κ2) is 7.73. The van der Waals surface area contributed by atoms with E-state index in [0.717, 1.165) is 40.6 Å². The molecule has 0 saturated carbocycles. The molecule has 2 aromatic rings. The minimum atomic E-state index is 0.0360. The standard InChI is InChI=1S/C14H21N5OS2/c1-5-19-11(4)12(9(2)16-19)6-15-14(20)8-21-7-13-10(3)17-22-18-13/h5-8H2,1-4H3,(H,15,20). The molecule has 0 fully saturated rings. The Kier molecular flexibility index (Phi) is 5.96. The fourth-order valence-electron chi connectivity index (χ4n) is 2.16. The molecule has 120 valence electrons. The summed E-state index contributed by atoms with van der Waals surface area (Å²) in [6.45, 7) is 9.40. The topological polar surface area (TPSA) is 72.7 Å². The number of aryl methyl sites for hydroxylation is 3. The first-order valence-electron chi connectivity index (χ1n) is 7.18. The molecule has 2 rings (SSSR count). The van der Waals surface area contributed by atoms with E-state index in [1.807, 2.05) is 25.5 Å². The van der Waals surface area contributed by atoms with E-state index in [0.29, 0.717) is 12.3 Å². The van der Waals surface area contributed by atoms with Crippen LogP contribution in [0.3, 0.4) is 0 Å². The van der Waals surface area contributed by atoms with E-state index in [2.05, 4.69) is 26.1 Å². The first-order valence-corrected chi connectivity index (χ1v) is 9.06. The molecule has 6 nitrogen and oxygen atoms in total. The number of amides is 1. The Bertz CT molecular complexity index is 650. The van der Waals surface area contributed by atoms with Gasteiger partial charge >= 0.3 is 0 Å². The van der Waals surface area contributed by atoms with Crippen LogP contribution in [0.5, 0.6) is 0 Å². The van der Waals surface area contributed by atoms with Crippen molar-refractivity contribution in [2.45, 2.75) is 46.5 Å². The number of hydrogen-bond acceptors (Lipinski definition) is 6. The van der Waals surface area contributed by atoms with Crippen molar-refractivity contribution in [3.8, 4) is 0 Å². The fraction of sp³-hybridized carbons (Fsp3) is 0.571. The lowest BCUT2D eigenvalue weighted by Crippen LogP contribution is -2.25. The first-order chi connectivity index (χ1) is 10.5. The van der Waals surface area contributed by atoms with Crippen molar-refractivity contribution < 1.29 is 4.79 Å². The van der Waals surface area contributed by atoms with Gasteiger partial charge in [-0.15, -0.1) is 11.8 Å². The van der Waals surface area contributed by atoms with Gasteiger partial charge in [-0.1, -0.05) is 0 Å². The second-order valence-electron chi connectivity index (χ2n) is 5.03. The van der Waals surface area contributed by atoms with Gasteiger partial charge in [0.2, 0.25) is 5.91 Å². The van der Waals surface area contributed by atoms with E-state index in [9.17, 15) is 4.79 Å². The number of carbonyl (C=O) groups is 1. The average molecular weight is 339 g/mol. The molecule has 2 aromatic heterocycles. The fourth-order valence-corrected chi connectivity index (χ4v) is 3.66. The average Bonchev–Trinajstić information content (AvgIpc) is 3.01. The van der Waals surface area contributed by atoms with Crippen molar-refractivity contribution in [3.05, 3.63) is 28.3 Å².